The van der Waals surface area contributed by atoms with E-state index in [4.69, 9.17) is 18.9 Å². The standard InChI is InChI=1S/C15H24O4/c1-3-16-10-12-18-15(19-13-11-17-4-2)14-8-6-5-7-9-14/h5-9,15H,3-4,10-13H2,1-2H3. The molecule has 0 saturated carbocycles. The second-order valence-electron chi connectivity index (χ2n) is 3.88. The molecule has 0 unspecified atom stereocenters. The first kappa shape index (κ1) is 16.1. The molecule has 0 atom stereocenters. The average Bonchev–Trinajstić information content (AvgIpc) is 2.46. The van der Waals surface area contributed by atoms with Crippen molar-refractivity contribution < 1.29 is 18.9 Å². The third kappa shape index (κ3) is 7.28. The van der Waals surface area contributed by atoms with Crippen LogP contribution in [0.1, 0.15) is 25.7 Å². The van der Waals surface area contributed by atoms with Gasteiger partial charge in [-0.1, -0.05) is 30.3 Å². The number of hydrogen-bond donors (Lipinski definition) is 0. The van der Waals surface area contributed by atoms with Gasteiger partial charge in [-0.3, -0.25) is 0 Å². The van der Waals surface area contributed by atoms with Crippen LogP contribution in [0.25, 0.3) is 0 Å². The first-order valence-electron chi connectivity index (χ1n) is 6.82. The van der Waals surface area contributed by atoms with E-state index < -0.39 is 0 Å². The van der Waals surface area contributed by atoms with E-state index in [0.29, 0.717) is 39.6 Å². The lowest BCUT2D eigenvalue weighted by atomic mass is 10.2. The Morgan fingerprint density at radius 1 is 0.789 bits per heavy atom. The summed E-state index contributed by atoms with van der Waals surface area (Å²) in [7, 11) is 0. The summed E-state index contributed by atoms with van der Waals surface area (Å²) in [5.74, 6) is 0. The highest BCUT2D eigenvalue weighted by atomic mass is 16.7. The van der Waals surface area contributed by atoms with Crippen LogP contribution >= 0.6 is 0 Å². The fourth-order valence-electron chi connectivity index (χ4n) is 1.57. The second kappa shape index (κ2) is 10.9. The van der Waals surface area contributed by atoms with Gasteiger partial charge in [0.1, 0.15) is 0 Å². The summed E-state index contributed by atoms with van der Waals surface area (Å²) >= 11 is 0. The molecule has 0 aliphatic rings. The fourth-order valence-corrected chi connectivity index (χ4v) is 1.57. The molecular weight excluding hydrogens is 244 g/mol. The van der Waals surface area contributed by atoms with Gasteiger partial charge in [-0.05, 0) is 13.8 Å². The molecule has 0 spiro atoms. The molecule has 0 aliphatic carbocycles. The monoisotopic (exact) mass is 268 g/mol. The van der Waals surface area contributed by atoms with Gasteiger partial charge in [-0.25, -0.2) is 0 Å². The topological polar surface area (TPSA) is 36.9 Å². The van der Waals surface area contributed by atoms with Crippen molar-refractivity contribution in [3.8, 4) is 0 Å². The number of benzene rings is 1. The summed E-state index contributed by atoms with van der Waals surface area (Å²) in [6.07, 6.45) is -0.359. The van der Waals surface area contributed by atoms with E-state index >= 15 is 0 Å². The molecule has 0 bridgehead atoms. The van der Waals surface area contributed by atoms with Crippen LogP contribution in [0.4, 0.5) is 0 Å². The van der Waals surface area contributed by atoms with E-state index in [1.807, 2.05) is 44.2 Å². The van der Waals surface area contributed by atoms with E-state index in [1.165, 1.54) is 0 Å². The van der Waals surface area contributed by atoms with Crippen LogP contribution in [0.5, 0.6) is 0 Å². The van der Waals surface area contributed by atoms with Gasteiger partial charge in [-0.2, -0.15) is 0 Å². The Balaban J connectivity index is 2.39. The van der Waals surface area contributed by atoms with Gasteiger partial charge in [0, 0.05) is 18.8 Å². The van der Waals surface area contributed by atoms with Crippen molar-refractivity contribution in [2.24, 2.45) is 0 Å². The van der Waals surface area contributed by atoms with Gasteiger partial charge in [-0.15, -0.1) is 0 Å². The highest BCUT2D eigenvalue weighted by Crippen LogP contribution is 2.18. The molecule has 0 heterocycles. The van der Waals surface area contributed by atoms with E-state index in [1.54, 1.807) is 0 Å². The molecule has 0 aliphatic heterocycles. The zero-order valence-corrected chi connectivity index (χ0v) is 11.8. The molecule has 108 valence electrons. The van der Waals surface area contributed by atoms with Gasteiger partial charge in [0.2, 0.25) is 0 Å². The third-order valence-electron chi connectivity index (χ3n) is 2.47. The SMILES string of the molecule is CCOCCOC(OCCOCC)c1ccccc1. The largest absolute Gasteiger partial charge is 0.379 e. The number of hydrogen-bond acceptors (Lipinski definition) is 4. The summed E-state index contributed by atoms with van der Waals surface area (Å²) in [6.45, 7) is 7.52. The molecule has 1 aromatic carbocycles. The van der Waals surface area contributed by atoms with Crippen molar-refractivity contribution in [2.45, 2.75) is 20.1 Å². The van der Waals surface area contributed by atoms with E-state index in [2.05, 4.69) is 0 Å². The molecule has 0 N–H and O–H groups in total. The maximum Gasteiger partial charge on any atom is 0.184 e. The highest BCUT2D eigenvalue weighted by Gasteiger charge is 2.11. The molecule has 4 nitrogen and oxygen atoms in total. The summed E-state index contributed by atoms with van der Waals surface area (Å²) < 4.78 is 21.9. The fraction of sp³-hybridized carbons (Fsp3) is 0.600. The smallest absolute Gasteiger partial charge is 0.184 e. The van der Waals surface area contributed by atoms with Gasteiger partial charge >= 0.3 is 0 Å². The average molecular weight is 268 g/mol. The molecule has 0 saturated heterocycles. The van der Waals surface area contributed by atoms with Crippen LogP contribution in [-0.2, 0) is 18.9 Å². The van der Waals surface area contributed by atoms with Crippen molar-refractivity contribution in [3.63, 3.8) is 0 Å². The van der Waals surface area contributed by atoms with Crippen molar-refractivity contribution in [3.05, 3.63) is 35.9 Å². The molecule has 19 heavy (non-hydrogen) atoms. The first-order chi connectivity index (χ1) is 9.38. The predicted molar refractivity (Wildman–Crippen MR) is 74.1 cm³/mol. The Kier molecular flexibility index (Phi) is 9.27. The summed E-state index contributed by atoms with van der Waals surface area (Å²) in [4.78, 5) is 0. The van der Waals surface area contributed by atoms with E-state index in [-0.39, 0.29) is 6.29 Å². The van der Waals surface area contributed by atoms with Crippen molar-refractivity contribution >= 4 is 0 Å². The van der Waals surface area contributed by atoms with Crippen molar-refractivity contribution in [2.75, 3.05) is 39.6 Å². The normalized spacial score (nSPS) is 11.1. The number of ether oxygens (including phenoxy) is 4. The highest BCUT2D eigenvalue weighted by molar-refractivity contribution is 5.15. The van der Waals surface area contributed by atoms with Crippen LogP contribution in [-0.4, -0.2) is 39.6 Å². The minimum absolute atomic E-state index is 0.359. The molecule has 0 radical (unpaired) electrons. The minimum atomic E-state index is -0.359. The van der Waals surface area contributed by atoms with Gasteiger partial charge < -0.3 is 18.9 Å². The zero-order chi connectivity index (χ0) is 13.8. The van der Waals surface area contributed by atoms with Gasteiger partial charge in [0.15, 0.2) is 6.29 Å². The second-order valence-corrected chi connectivity index (χ2v) is 3.88. The molecule has 4 heteroatoms. The quantitative estimate of drug-likeness (QED) is 0.457. The Bertz CT molecular complexity index is 290. The third-order valence-corrected chi connectivity index (χ3v) is 2.47. The Hall–Kier alpha value is -0.940. The Morgan fingerprint density at radius 3 is 1.79 bits per heavy atom. The lowest BCUT2D eigenvalue weighted by Crippen LogP contribution is -2.15. The zero-order valence-electron chi connectivity index (χ0n) is 11.8. The molecule has 0 fully saturated rings. The molecular formula is C15H24O4. The minimum Gasteiger partial charge on any atom is -0.379 e. The van der Waals surface area contributed by atoms with Gasteiger partial charge in [0.25, 0.3) is 0 Å². The number of rotatable bonds is 11. The van der Waals surface area contributed by atoms with Crippen LogP contribution in [0.3, 0.4) is 0 Å². The molecule has 0 amide bonds. The molecule has 1 aromatic rings. The summed E-state index contributed by atoms with van der Waals surface area (Å²) in [6, 6.07) is 9.90. The van der Waals surface area contributed by atoms with Crippen molar-refractivity contribution in [1.29, 1.82) is 0 Å². The van der Waals surface area contributed by atoms with Crippen molar-refractivity contribution in [1.82, 2.24) is 0 Å². The van der Waals surface area contributed by atoms with E-state index in [0.717, 1.165) is 5.56 Å². The van der Waals surface area contributed by atoms with Gasteiger partial charge in [0.05, 0.1) is 26.4 Å². The first-order valence-corrected chi connectivity index (χ1v) is 6.82. The van der Waals surface area contributed by atoms with Crippen LogP contribution in [0.15, 0.2) is 30.3 Å². The molecule has 1 rings (SSSR count). The Labute approximate surface area is 115 Å². The van der Waals surface area contributed by atoms with Crippen LogP contribution in [0, 0.1) is 0 Å². The van der Waals surface area contributed by atoms with Crippen LogP contribution in [0.2, 0.25) is 0 Å². The molecule has 0 aromatic heterocycles. The predicted octanol–water partition coefficient (Wildman–Crippen LogP) is 2.79. The maximum atomic E-state index is 5.71. The lowest BCUT2D eigenvalue weighted by molar-refractivity contribution is -0.161. The lowest BCUT2D eigenvalue weighted by Gasteiger charge is -2.19. The van der Waals surface area contributed by atoms with Crippen LogP contribution < -0.4 is 0 Å². The van der Waals surface area contributed by atoms with E-state index in [9.17, 15) is 0 Å². The summed E-state index contributed by atoms with van der Waals surface area (Å²) in [5, 5.41) is 0. The summed E-state index contributed by atoms with van der Waals surface area (Å²) in [5.41, 5.74) is 1.01. The maximum absolute atomic E-state index is 5.71. The Morgan fingerprint density at radius 2 is 1.32 bits per heavy atom.